The summed E-state index contributed by atoms with van der Waals surface area (Å²) in [7, 11) is 0. The van der Waals surface area contributed by atoms with Crippen LogP contribution in [0.4, 0.5) is 17.1 Å². The van der Waals surface area contributed by atoms with Gasteiger partial charge in [0.15, 0.2) is 5.58 Å². The Morgan fingerprint density at radius 3 is 1.55 bits per heavy atom. The molecule has 0 aliphatic carbocycles. The smallest absolute Gasteiger partial charge is 0.227 e. The molecule has 0 aliphatic rings. The molecule has 10 rings (SSSR count). The third-order valence-corrected chi connectivity index (χ3v) is 9.92. The molecular formula is C49H32N2O2. The number of nitrogens with zero attached hydrogens (tertiary/aromatic N) is 2. The van der Waals surface area contributed by atoms with E-state index in [4.69, 9.17) is 13.8 Å². The van der Waals surface area contributed by atoms with Gasteiger partial charge in [-0.2, -0.15) is 0 Å². The Labute approximate surface area is 306 Å². The third kappa shape index (κ3) is 5.45. The molecule has 0 amide bonds. The monoisotopic (exact) mass is 680 g/mol. The highest BCUT2D eigenvalue weighted by Gasteiger charge is 2.22. The summed E-state index contributed by atoms with van der Waals surface area (Å²) in [5, 5.41) is 2.05. The van der Waals surface area contributed by atoms with Crippen molar-refractivity contribution in [1.82, 2.24) is 4.98 Å². The van der Waals surface area contributed by atoms with Crippen LogP contribution in [-0.4, -0.2) is 4.98 Å². The van der Waals surface area contributed by atoms with Crippen molar-refractivity contribution in [3.63, 3.8) is 0 Å². The molecule has 0 aliphatic heterocycles. The molecule has 10 aromatic rings. The molecule has 0 N–H and O–H groups in total. The van der Waals surface area contributed by atoms with Crippen molar-refractivity contribution in [3.8, 4) is 44.8 Å². The standard InChI is InChI=1S/C49H32N2O2/c1-4-14-33(15-5-1)40-20-10-11-21-41(40)34-24-28-38(29-25-34)51(37-18-8-3-9-19-37)39-30-26-35(27-31-39)46-47-45(53-49(50-47)36-16-6-2-7-17-36)32-43-42-22-12-13-23-44(42)52-48(43)46/h1-32H. The van der Waals surface area contributed by atoms with Gasteiger partial charge in [-0.3, -0.25) is 0 Å². The Hall–Kier alpha value is -7.17. The van der Waals surface area contributed by atoms with Crippen LogP contribution in [0.3, 0.4) is 0 Å². The fourth-order valence-electron chi connectivity index (χ4n) is 7.41. The van der Waals surface area contributed by atoms with Crippen molar-refractivity contribution >= 4 is 50.1 Å². The van der Waals surface area contributed by atoms with E-state index in [1.54, 1.807) is 0 Å². The van der Waals surface area contributed by atoms with Crippen LogP contribution in [0, 0.1) is 0 Å². The highest BCUT2D eigenvalue weighted by Crippen LogP contribution is 2.44. The minimum absolute atomic E-state index is 0.584. The maximum atomic E-state index is 6.57. The van der Waals surface area contributed by atoms with E-state index in [-0.39, 0.29) is 0 Å². The topological polar surface area (TPSA) is 42.4 Å². The zero-order valence-corrected chi connectivity index (χ0v) is 28.7. The van der Waals surface area contributed by atoms with Crippen LogP contribution in [0.15, 0.2) is 203 Å². The first-order valence-electron chi connectivity index (χ1n) is 17.8. The first-order chi connectivity index (χ1) is 26.3. The molecule has 0 radical (unpaired) electrons. The average Bonchev–Trinajstić information content (AvgIpc) is 3.83. The van der Waals surface area contributed by atoms with Crippen LogP contribution in [0.5, 0.6) is 0 Å². The van der Waals surface area contributed by atoms with Gasteiger partial charge in [0.25, 0.3) is 0 Å². The van der Waals surface area contributed by atoms with Gasteiger partial charge in [-0.05, 0) is 88.5 Å². The molecule has 2 heterocycles. The first-order valence-corrected chi connectivity index (χ1v) is 17.8. The van der Waals surface area contributed by atoms with Crippen molar-refractivity contribution in [2.45, 2.75) is 0 Å². The number of oxazole rings is 1. The zero-order chi connectivity index (χ0) is 35.1. The van der Waals surface area contributed by atoms with Crippen LogP contribution < -0.4 is 4.90 Å². The quantitative estimate of drug-likeness (QED) is 0.168. The predicted octanol–water partition coefficient (Wildman–Crippen LogP) is 13.9. The SMILES string of the molecule is c1ccc(-c2nc3c(-c4ccc(N(c5ccccc5)c5ccc(-c6ccccc6-c6ccccc6)cc5)cc4)c4oc5ccccc5c4cc3o2)cc1. The van der Waals surface area contributed by atoms with Crippen molar-refractivity contribution < 1.29 is 8.83 Å². The summed E-state index contributed by atoms with van der Waals surface area (Å²) in [6.45, 7) is 0. The zero-order valence-electron chi connectivity index (χ0n) is 28.7. The van der Waals surface area contributed by atoms with Gasteiger partial charge in [-0.25, -0.2) is 4.98 Å². The summed E-state index contributed by atoms with van der Waals surface area (Å²) in [6.07, 6.45) is 0. The molecule has 0 spiro atoms. The number of furan rings is 1. The van der Waals surface area contributed by atoms with E-state index in [1.807, 2.05) is 48.5 Å². The van der Waals surface area contributed by atoms with Gasteiger partial charge in [0.2, 0.25) is 5.89 Å². The summed E-state index contributed by atoms with van der Waals surface area (Å²) in [6, 6.07) is 67.4. The predicted molar refractivity (Wildman–Crippen MR) is 218 cm³/mol. The van der Waals surface area contributed by atoms with Crippen molar-refractivity contribution in [2.24, 2.45) is 0 Å². The molecule has 250 valence electrons. The lowest BCUT2D eigenvalue weighted by atomic mass is 9.94. The molecule has 0 atom stereocenters. The van der Waals surface area contributed by atoms with Gasteiger partial charge < -0.3 is 13.7 Å². The number of hydrogen-bond donors (Lipinski definition) is 0. The molecular weight excluding hydrogens is 649 g/mol. The molecule has 8 aromatic carbocycles. The van der Waals surface area contributed by atoms with Crippen molar-refractivity contribution in [3.05, 3.63) is 194 Å². The fraction of sp³-hybridized carbons (Fsp3) is 0. The van der Waals surface area contributed by atoms with E-state index in [0.717, 1.165) is 66.8 Å². The molecule has 4 nitrogen and oxygen atoms in total. The summed E-state index contributed by atoms with van der Waals surface area (Å²) >= 11 is 0. The van der Waals surface area contributed by atoms with Gasteiger partial charge in [-0.15, -0.1) is 0 Å². The minimum Gasteiger partial charge on any atom is -0.455 e. The van der Waals surface area contributed by atoms with E-state index in [2.05, 4.69) is 150 Å². The Bertz CT molecular complexity index is 2860. The van der Waals surface area contributed by atoms with Crippen molar-refractivity contribution in [1.29, 1.82) is 0 Å². The largest absolute Gasteiger partial charge is 0.455 e. The molecule has 0 saturated heterocycles. The Morgan fingerprint density at radius 1 is 0.377 bits per heavy atom. The lowest BCUT2D eigenvalue weighted by Gasteiger charge is -2.26. The van der Waals surface area contributed by atoms with E-state index >= 15 is 0 Å². The normalized spacial score (nSPS) is 11.4. The average molecular weight is 681 g/mol. The number of para-hydroxylation sites is 2. The second-order valence-corrected chi connectivity index (χ2v) is 13.1. The molecule has 0 unspecified atom stereocenters. The lowest BCUT2D eigenvalue weighted by Crippen LogP contribution is -2.09. The number of rotatable bonds is 7. The number of fused-ring (bicyclic) bond motifs is 4. The third-order valence-electron chi connectivity index (χ3n) is 9.92. The molecule has 2 aromatic heterocycles. The summed E-state index contributed by atoms with van der Waals surface area (Å²) < 4.78 is 13.0. The van der Waals surface area contributed by atoms with Gasteiger partial charge in [-0.1, -0.05) is 133 Å². The summed E-state index contributed by atoms with van der Waals surface area (Å²) in [5.74, 6) is 0.584. The van der Waals surface area contributed by atoms with Crippen LogP contribution in [0.2, 0.25) is 0 Å². The highest BCUT2D eigenvalue weighted by molar-refractivity contribution is 6.16. The van der Waals surface area contributed by atoms with Crippen LogP contribution in [0.25, 0.3) is 77.9 Å². The van der Waals surface area contributed by atoms with Crippen molar-refractivity contribution in [2.75, 3.05) is 4.90 Å². The number of aromatic nitrogens is 1. The van der Waals surface area contributed by atoms with E-state index in [0.29, 0.717) is 5.89 Å². The first kappa shape index (κ1) is 30.6. The molecule has 53 heavy (non-hydrogen) atoms. The highest BCUT2D eigenvalue weighted by atomic mass is 16.4. The summed E-state index contributed by atoms with van der Waals surface area (Å²) in [5.41, 5.74) is 13.9. The summed E-state index contributed by atoms with van der Waals surface area (Å²) in [4.78, 5) is 7.34. The molecule has 0 saturated carbocycles. The van der Waals surface area contributed by atoms with E-state index in [1.165, 1.54) is 22.3 Å². The van der Waals surface area contributed by atoms with E-state index < -0.39 is 0 Å². The van der Waals surface area contributed by atoms with Gasteiger partial charge in [0.1, 0.15) is 16.7 Å². The van der Waals surface area contributed by atoms with Gasteiger partial charge in [0, 0.05) is 33.4 Å². The second-order valence-electron chi connectivity index (χ2n) is 13.1. The Morgan fingerprint density at radius 2 is 0.887 bits per heavy atom. The van der Waals surface area contributed by atoms with Crippen LogP contribution >= 0.6 is 0 Å². The number of anilines is 3. The Balaban J connectivity index is 1.08. The molecule has 4 heteroatoms. The minimum atomic E-state index is 0.584. The molecule has 0 bridgehead atoms. The van der Waals surface area contributed by atoms with Crippen LogP contribution in [-0.2, 0) is 0 Å². The number of hydrogen-bond acceptors (Lipinski definition) is 4. The second kappa shape index (κ2) is 12.9. The maximum Gasteiger partial charge on any atom is 0.227 e. The van der Waals surface area contributed by atoms with E-state index in [9.17, 15) is 0 Å². The van der Waals surface area contributed by atoms with Crippen LogP contribution in [0.1, 0.15) is 0 Å². The maximum absolute atomic E-state index is 6.57. The number of benzene rings is 8. The lowest BCUT2D eigenvalue weighted by molar-refractivity contribution is 0.620. The fourth-order valence-corrected chi connectivity index (χ4v) is 7.41. The van der Waals surface area contributed by atoms with Gasteiger partial charge >= 0.3 is 0 Å². The Kier molecular flexibility index (Phi) is 7.43. The van der Waals surface area contributed by atoms with Gasteiger partial charge in [0.05, 0.1) is 5.56 Å². The molecule has 0 fully saturated rings.